The second kappa shape index (κ2) is 4.49. The van der Waals surface area contributed by atoms with E-state index in [2.05, 4.69) is 4.98 Å². The summed E-state index contributed by atoms with van der Waals surface area (Å²) in [4.78, 5) is 16.2. The van der Waals surface area contributed by atoms with Crippen molar-refractivity contribution in [1.29, 1.82) is 5.26 Å². The maximum Gasteiger partial charge on any atom is 0.269 e. The molecule has 0 aliphatic rings. The molecule has 2 rings (SSSR count). The van der Waals surface area contributed by atoms with Gasteiger partial charge in [0.15, 0.2) is 0 Å². The van der Waals surface area contributed by atoms with Crippen LogP contribution in [0.3, 0.4) is 0 Å². The molecule has 5 nitrogen and oxygen atoms in total. The fraction of sp³-hybridized carbons (Fsp3) is 0.308. The first-order valence-corrected chi connectivity index (χ1v) is 5.56. The lowest BCUT2D eigenvalue weighted by molar-refractivity contribution is 0.451. The van der Waals surface area contributed by atoms with E-state index in [0.717, 1.165) is 17.1 Å². The number of aromatic nitrogens is 2. The molecule has 0 aliphatic heterocycles. The molecule has 0 bridgehead atoms. The molecular weight excluding hydrogens is 230 g/mol. The number of nitriles is 1. The normalized spacial score (nSPS) is 10.3. The van der Waals surface area contributed by atoms with Crippen LogP contribution in [0.4, 0.5) is 0 Å². The quantitative estimate of drug-likeness (QED) is 0.804. The van der Waals surface area contributed by atoms with Gasteiger partial charge in [0.1, 0.15) is 23.9 Å². The second-order valence-electron chi connectivity index (χ2n) is 4.14. The molecule has 2 aromatic rings. The molecule has 0 amide bonds. The monoisotopic (exact) mass is 243 g/mol. The lowest BCUT2D eigenvalue weighted by Crippen LogP contribution is -2.25. The highest BCUT2D eigenvalue weighted by Crippen LogP contribution is 2.10. The maximum atomic E-state index is 12.0. The second-order valence-corrected chi connectivity index (χ2v) is 4.14. The molecule has 0 fully saturated rings. The minimum atomic E-state index is -0.314. The lowest BCUT2D eigenvalue weighted by Gasteiger charge is -2.07. The van der Waals surface area contributed by atoms with Gasteiger partial charge < -0.3 is 8.98 Å². The molecule has 0 spiro atoms. The van der Waals surface area contributed by atoms with E-state index < -0.39 is 0 Å². The smallest absolute Gasteiger partial charge is 0.269 e. The van der Waals surface area contributed by atoms with Gasteiger partial charge in [-0.2, -0.15) is 5.26 Å². The van der Waals surface area contributed by atoms with Crippen molar-refractivity contribution >= 4 is 0 Å². The average molecular weight is 243 g/mol. The van der Waals surface area contributed by atoms with Gasteiger partial charge in [0.05, 0.1) is 5.69 Å². The molecule has 0 aliphatic carbocycles. The summed E-state index contributed by atoms with van der Waals surface area (Å²) in [5.74, 6) is 1.22. The highest BCUT2D eigenvalue weighted by Gasteiger charge is 2.10. The fourth-order valence-electron chi connectivity index (χ4n) is 1.69. The molecule has 0 saturated heterocycles. The Balaban J connectivity index is 2.46. The Hall–Kier alpha value is -2.35. The summed E-state index contributed by atoms with van der Waals surface area (Å²) in [5, 5.41) is 8.85. The molecule has 18 heavy (non-hydrogen) atoms. The van der Waals surface area contributed by atoms with Crippen molar-refractivity contribution < 1.29 is 4.42 Å². The summed E-state index contributed by atoms with van der Waals surface area (Å²) in [5.41, 5.74) is 1.39. The van der Waals surface area contributed by atoms with Crippen LogP contribution >= 0.6 is 0 Å². The predicted octanol–water partition coefficient (Wildman–Crippen LogP) is 1.68. The van der Waals surface area contributed by atoms with E-state index in [9.17, 15) is 4.79 Å². The Morgan fingerprint density at radius 1 is 1.39 bits per heavy atom. The van der Waals surface area contributed by atoms with Crippen LogP contribution in [0.1, 0.15) is 28.6 Å². The summed E-state index contributed by atoms with van der Waals surface area (Å²) < 4.78 is 6.94. The first-order valence-electron chi connectivity index (χ1n) is 5.56. The van der Waals surface area contributed by atoms with Crippen LogP contribution in [0.5, 0.6) is 0 Å². The van der Waals surface area contributed by atoms with Gasteiger partial charge in [-0.15, -0.1) is 0 Å². The highest BCUT2D eigenvalue weighted by molar-refractivity contribution is 5.27. The van der Waals surface area contributed by atoms with Crippen molar-refractivity contribution in [3.05, 3.63) is 51.1 Å². The number of nitrogens with zero attached hydrogens (tertiary/aromatic N) is 3. The van der Waals surface area contributed by atoms with Gasteiger partial charge in [-0.1, -0.05) is 0 Å². The maximum absolute atomic E-state index is 12.0. The fourth-order valence-corrected chi connectivity index (χ4v) is 1.69. The zero-order valence-electron chi connectivity index (χ0n) is 10.5. The molecule has 0 atom stereocenters. The predicted molar refractivity (Wildman–Crippen MR) is 65.2 cm³/mol. The third-order valence-corrected chi connectivity index (χ3v) is 2.88. The van der Waals surface area contributed by atoms with Crippen LogP contribution < -0.4 is 5.56 Å². The number of aryl methyl sites for hydroxylation is 3. The zero-order valence-corrected chi connectivity index (χ0v) is 10.5. The molecule has 5 heteroatoms. The molecule has 92 valence electrons. The Kier molecular flexibility index (Phi) is 3.02. The molecule has 2 aromatic heterocycles. The lowest BCUT2D eigenvalue weighted by atomic mass is 10.2. The van der Waals surface area contributed by atoms with Gasteiger partial charge in [-0.05, 0) is 32.9 Å². The van der Waals surface area contributed by atoms with Crippen LogP contribution in [-0.4, -0.2) is 9.55 Å². The molecule has 2 heterocycles. The topological polar surface area (TPSA) is 71.8 Å². The number of oxazole rings is 1. The van der Waals surface area contributed by atoms with Crippen molar-refractivity contribution in [3.8, 4) is 6.07 Å². The van der Waals surface area contributed by atoms with E-state index in [1.54, 1.807) is 6.07 Å². The number of hydrogen-bond acceptors (Lipinski definition) is 4. The van der Waals surface area contributed by atoms with Crippen molar-refractivity contribution in [3.63, 3.8) is 0 Å². The van der Waals surface area contributed by atoms with E-state index >= 15 is 0 Å². The van der Waals surface area contributed by atoms with Crippen molar-refractivity contribution in [1.82, 2.24) is 9.55 Å². The molecule has 0 saturated carbocycles. The largest absolute Gasteiger partial charge is 0.444 e. The zero-order chi connectivity index (χ0) is 13.3. The van der Waals surface area contributed by atoms with Gasteiger partial charge in [-0.25, -0.2) is 4.98 Å². The van der Waals surface area contributed by atoms with E-state index in [4.69, 9.17) is 9.68 Å². The van der Waals surface area contributed by atoms with Crippen LogP contribution in [0, 0.1) is 32.1 Å². The van der Waals surface area contributed by atoms with Gasteiger partial charge in [-0.3, -0.25) is 4.79 Å². The Labute approximate surface area is 104 Å². The van der Waals surface area contributed by atoms with Gasteiger partial charge in [0.2, 0.25) is 5.89 Å². The van der Waals surface area contributed by atoms with Crippen molar-refractivity contribution in [2.75, 3.05) is 0 Å². The van der Waals surface area contributed by atoms with Crippen molar-refractivity contribution in [2.24, 2.45) is 0 Å². The van der Waals surface area contributed by atoms with Crippen LogP contribution in [-0.2, 0) is 6.54 Å². The Morgan fingerprint density at radius 3 is 2.67 bits per heavy atom. The van der Waals surface area contributed by atoms with E-state index in [-0.39, 0.29) is 17.7 Å². The molecule has 0 N–H and O–H groups in total. The number of hydrogen-bond donors (Lipinski definition) is 0. The molecule has 0 unspecified atom stereocenters. The summed E-state index contributed by atoms with van der Waals surface area (Å²) in [6.07, 6.45) is 0. The van der Waals surface area contributed by atoms with Crippen molar-refractivity contribution in [2.45, 2.75) is 27.3 Å². The van der Waals surface area contributed by atoms with Crippen LogP contribution in [0.15, 0.2) is 21.3 Å². The summed E-state index contributed by atoms with van der Waals surface area (Å²) in [6.45, 7) is 5.73. The minimum absolute atomic E-state index is 0.126. The first kappa shape index (κ1) is 12.1. The molecule has 0 radical (unpaired) electrons. The number of pyridine rings is 1. The van der Waals surface area contributed by atoms with E-state index in [0.29, 0.717) is 5.89 Å². The van der Waals surface area contributed by atoms with Gasteiger partial charge in [0, 0.05) is 5.69 Å². The Bertz CT molecular complexity index is 670. The highest BCUT2D eigenvalue weighted by atomic mass is 16.4. The SMILES string of the molecule is Cc1nc(Cn2c(C)ccc(C#N)c2=O)oc1C. The third-order valence-electron chi connectivity index (χ3n) is 2.88. The summed E-state index contributed by atoms with van der Waals surface area (Å²) in [6, 6.07) is 5.15. The first-order chi connectivity index (χ1) is 8.52. The van der Waals surface area contributed by atoms with Gasteiger partial charge >= 0.3 is 0 Å². The summed E-state index contributed by atoms with van der Waals surface area (Å²) in [7, 11) is 0. The van der Waals surface area contributed by atoms with Gasteiger partial charge in [0.25, 0.3) is 5.56 Å². The van der Waals surface area contributed by atoms with Crippen LogP contribution in [0.2, 0.25) is 0 Å². The van der Waals surface area contributed by atoms with Crippen LogP contribution in [0.25, 0.3) is 0 Å². The summed E-state index contributed by atoms with van der Waals surface area (Å²) >= 11 is 0. The Morgan fingerprint density at radius 2 is 2.11 bits per heavy atom. The molecule has 0 aromatic carbocycles. The standard InChI is InChI=1S/C13H13N3O2/c1-8-4-5-11(6-14)13(17)16(8)7-12-15-9(2)10(3)18-12/h4-5H,7H2,1-3H3. The van der Waals surface area contributed by atoms with E-state index in [1.807, 2.05) is 26.8 Å². The third kappa shape index (κ3) is 2.05. The van der Waals surface area contributed by atoms with E-state index in [1.165, 1.54) is 10.6 Å². The minimum Gasteiger partial charge on any atom is -0.444 e. The number of rotatable bonds is 2. The average Bonchev–Trinajstić information content (AvgIpc) is 2.64. The molecular formula is C13H13N3O2.